The third kappa shape index (κ3) is 6.59. The van der Waals surface area contributed by atoms with Crippen molar-refractivity contribution < 1.29 is 14.0 Å². The molecule has 0 unspecified atom stereocenters. The number of rotatable bonds is 9. The van der Waals surface area contributed by atoms with Gasteiger partial charge in [0.05, 0.1) is 28.1 Å². The number of carbonyl (C=O) groups is 2. The maximum Gasteiger partial charge on any atom is 0.253 e. The average Bonchev–Trinajstić information content (AvgIpc) is 3.17. The second-order valence-electron chi connectivity index (χ2n) is 7.02. The number of hydrogen-bond donors (Lipinski definition) is 2. The Labute approximate surface area is 218 Å². The molecule has 0 aliphatic heterocycles. The zero-order valence-corrected chi connectivity index (χ0v) is 21.7. The summed E-state index contributed by atoms with van der Waals surface area (Å²) in [7, 11) is 0. The zero-order valence-electron chi connectivity index (χ0n) is 17.8. The molecule has 34 heavy (non-hydrogen) atoms. The normalized spacial score (nSPS) is 11.7. The third-order valence-electron chi connectivity index (χ3n) is 4.51. The van der Waals surface area contributed by atoms with Gasteiger partial charge < -0.3 is 15.2 Å². The summed E-state index contributed by atoms with van der Waals surface area (Å²) in [5.41, 5.74) is 0.360. The van der Waals surface area contributed by atoms with Gasteiger partial charge in [-0.25, -0.2) is 4.39 Å². The van der Waals surface area contributed by atoms with Gasteiger partial charge >= 0.3 is 0 Å². The van der Waals surface area contributed by atoms with Crippen molar-refractivity contribution in [3.63, 3.8) is 0 Å². The van der Waals surface area contributed by atoms with E-state index in [1.807, 2.05) is 0 Å². The van der Waals surface area contributed by atoms with Crippen molar-refractivity contribution in [1.82, 2.24) is 20.1 Å². The van der Waals surface area contributed by atoms with Gasteiger partial charge in [0.25, 0.3) is 5.91 Å². The predicted molar refractivity (Wildman–Crippen MR) is 136 cm³/mol. The van der Waals surface area contributed by atoms with Crippen LogP contribution in [0.5, 0.6) is 0 Å². The highest BCUT2D eigenvalue weighted by molar-refractivity contribution is 9.10. The molecule has 0 spiro atoms. The van der Waals surface area contributed by atoms with Crippen molar-refractivity contribution in [3.8, 4) is 0 Å². The molecule has 1 aromatic heterocycles. The lowest BCUT2D eigenvalue weighted by Gasteiger charge is -2.16. The van der Waals surface area contributed by atoms with Crippen LogP contribution in [0.25, 0.3) is 0 Å². The molecular weight excluding hydrogens is 568 g/mol. The number of nitrogens with zero attached hydrogens (tertiary/aromatic N) is 3. The summed E-state index contributed by atoms with van der Waals surface area (Å²) < 4.78 is 16.3. The Kier molecular flexibility index (Phi) is 9.12. The molecule has 0 saturated heterocycles. The van der Waals surface area contributed by atoms with Crippen molar-refractivity contribution >= 4 is 68.4 Å². The lowest BCUT2D eigenvalue weighted by molar-refractivity contribution is -0.113. The van der Waals surface area contributed by atoms with E-state index in [-0.39, 0.29) is 22.0 Å². The smallest absolute Gasteiger partial charge is 0.253 e. The first-order valence-electron chi connectivity index (χ1n) is 9.87. The minimum absolute atomic E-state index is 0.0219. The van der Waals surface area contributed by atoms with Crippen LogP contribution < -0.4 is 10.6 Å². The van der Waals surface area contributed by atoms with E-state index in [0.717, 1.165) is 11.8 Å². The zero-order chi connectivity index (χ0) is 24.8. The number of amides is 2. The summed E-state index contributed by atoms with van der Waals surface area (Å²) in [5, 5.41) is 14.8. The molecule has 1 heterocycles. The average molecular weight is 587 g/mol. The molecular formula is C22H19BrCl2FN5O2S. The van der Waals surface area contributed by atoms with E-state index >= 15 is 0 Å². The molecule has 3 aromatic rings. The van der Waals surface area contributed by atoms with Crippen LogP contribution in [0.3, 0.4) is 0 Å². The molecule has 7 nitrogen and oxygen atoms in total. The first kappa shape index (κ1) is 26.2. The van der Waals surface area contributed by atoms with E-state index in [9.17, 15) is 14.0 Å². The number of carbonyl (C=O) groups excluding carboxylic acids is 2. The topological polar surface area (TPSA) is 88.9 Å². The van der Waals surface area contributed by atoms with Crippen LogP contribution in [-0.4, -0.2) is 32.3 Å². The van der Waals surface area contributed by atoms with E-state index in [4.69, 9.17) is 23.2 Å². The lowest BCUT2D eigenvalue weighted by atomic mass is 10.2. The molecule has 178 valence electrons. The summed E-state index contributed by atoms with van der Waals surface area (Å²) in [6.45, 7) is 5.86. The van der Waals surface area contributed by atoms with Crippen LogP contribution in [0.1, 0.15) is 29.1 Å². The van der Waals surface area contributed by atoms with Crippen LogP contribution in [0.4, 0.5) is 10.1 Å². The van der Waals surface area contributed by atoms with Crippen LogP contribution in [0, 0.1) is 5.82 Å². The Hall–Kier alpha value is -2.40. The Balaban J connectivity index is 1.68. The van der Waals surface area contributed by atoms with Crippen LogP contribution in [0.15, 0.2) is 58.7 Å². The fourth-order valence-electron chi connectivity index (χ4n) is 2.95. The highest BCUT2D eigenvalue weighted by atomic mass is 79.9. The molecule has 0 aliphatic rings. The van der Waals surface area contributed by atoms with Crippen molar-refractivity contribution in [3.05, 3.63) is 80.8 Å². The highest BCUT2D eigenvalue weighted by Crippen LogP contribution is 2.24. The van der Waals surface area contributed by atoms with Crippen molar-refractivity contribution in [2.75, 3.05) is 11.1 Å². The summed E-state index contributed by atoms with van der Waals surface area (Å²) in [4.78, 5) is 25.0. The maximum atomic E-state index is 14.0. The number of allylic oxidation sites excluding steroid dienone is 1. The van der Waals surface area contributed by atoms with E-state index in [0.29, 0.717) is 27.0 Å². The summed E-state index contributed by atoms with van der Waals surface area (Å²) >= 11 is 16.3. The Morgan fingerprint density at radius 2 is 2.03 bits per heavy atom. The number of hydrogen-bond acceptors (Lipinski definition) is 5. The minimum atomic E-state index is -0.546. The molecule has 2 N–H and O–H groups in total. The molecule has 2 aromatic carbocycles. The third-order valence-corrected chi connectivity index (χ3v) is 6.51. The van der Waals surface area contributed by atoms with Gasteiger partial charge in [-0.15, -0.1) is 16.8 Å². The maximum absolute atomic E-state index is 14.0. The van der Waals surface area contributed by atoms with Gasteiger partial charge in [0.1, 0.15) is 5.82 Å². The van der Waals surface area contributed by atoms with Gasteiger partial charge in [-0.3, -0.25) is 9.59 Å². The Morgan fingerprint density at radius 1 is 1.26 bits per heavy atom. The first-order valence-corrected chi connectivity index (χ1v) is 12.4. The van der Waals surface area contributed by atoms with Gasteiger partial charge in [0.15, 0.2) is 11.0 Å². The number of anilines is 1. The summed E-state index contributed by atoms with van der Waals surface area (Å²) in [6.07, 6.45) is 1.65. The monoisotopic (exact) mass is 585 g/mol. The first-order chi connectivity index (χ1) is 16.2. The van der Waals surface area contributed by atoms with E-state index in [1.54, 1.807) is 29.7 Å². The predicted octanol–water partition coefficient (Wildman–Crippen LogP) is 5.89. The number of halogens is 4. The van der Waals surface area contributed by atoms with Crippen molar-refractivity contribution in [2.45, 2.75) is 24.7 Å². The fourth-order valence-corrected chi connectivity index (χ4v) is 4.53. The number of aromatic nitrogens is 3. The van der Waals surface area contributed by atoms with Gasteiger partial charge in [-0.1, -0.05) is 57.0 Å². The quantitative estimate of drug-likeness (QED) is 0.241. The second-order valence-corrected chi connectivity index (χ2v) is 9.72. The molecule has 0 saturated carbocycles. The largest absolute Gasteiger partial charge is 0.342 e. The van der Waals surface area contributed by atoms with Crippen molar-refractivity contribution in [2.24, 2.45) is 0 Å². The molecule has 0 radical (unpaired) electrons. The molecule has 0 fully saturated rings. The van der Waals surface area contributed by atoms with Crippen LogP contribution in [-0.2, 0) is 11.3 Å². The molecule has 3 rings (SSSR count). The second kappa shape index (κ2) is 11.8. The van der Waals surface area contributed by atoms with Gasteiger partial charge in [-0.05, 0) is 43.3 Å². The number of thioether (sulfide) groups is 1. The molecule has 0 aliphatic carbocycles. The SMILES string of the molecule is C=CCn1c(SCC(=O)Nc2ccc(Br)cc2F)nnc1[C@@H](C)NC(=O)c1ccc(Cl)cc1Cl. The Morgan fingerprint density at radius 3 is 2.71 bits per heavy atom. The number of nitrogens with one attached hydrogen (secondary N) is 2. The van der Waals surface area contributed by atoms with Crippen LogP contribution >= 0.6 is 50.9 Å². The van der Waals surface area contributed by atoms with E-state index in [2.05, 4.69) is 43.3 Å². The molecule has 2 amide bonds. The van der Waals surface area contributed by atoms with E-state index < -0.39 is 23.7 Å². The van der Waals surface area contributed by atoms with Gasteiger partial charge in [0.2, 0.25) is 5.91 Å². The fraction of sp³-hybridized carbons (Fsp3) is 0.182. The summed E-state index contributed by atoms with van der Waals surface area (Å²) in [5.74, 6) is -0.895. The molecule has 0 bridgehead atoms. The molecule has 1 atom stereocenters. The Bertz CT molecular complexity index is 1240. The minimum Gasteiger partial charge on any atom is -0.342 e. The molecule has 12 heteroatoms. The highest BCUT2D eigenvalue weighted by Gasteiger charge is 2.21. The standard InChI is InChI=1S/C22H19BrCl2FN5O2S/c1-3-8-31-20(12(2)27-21(33)15-6-5-14(24)10-16(15)25)29-30-22(31)34-11-19(32)28-18-7-4-13(23)9-17(18)26/h3-7,9-10,12H,1,8,11H2,2H3,(H,27,33)(H,28,32)/t12-/m1/s1. The van der Waals surface area contributed by atoms with Gasteiger partial charge in [0, 0.05) is 16.0 Å². The van der Waals surface area contributed by atoms with E-state index in [1.165, 1.54) is 24.3 Å². The van der Waals surface area contributed by atoms with Crippen molar-refractivity contribution in [1.29, 1.82) is 0 Å². The lowest BCUT2D eigenvalue weighted by Crippen LogP contribution is -2.29. The number of benzene rings is 2. The van der Waals surface area contributed by atoms with Gasteiger partial charge in [-0.2, -0.15) is 0 Å². The van der Waals surface area contributed by atoms with Crippen LogP contribution in [0.2, 0.25) is 10.0 Å². The summed E-state index contributed by atoms with van der Waals surface area (Å²) in [6, 6.07) is 8.45.